The van der Waals surface area contributed by atoms with Gasteiger partial charge < -0.3 is 82.1 Å². The number of carbonyl (C=O) groups excluding carboxylic acids is 16. The lowest BCUT2D eigenvalue weighted by Gasteiger charge is -2.37. The Balaban J connectivity index is 1.12. The summed E-state index contributed by atoms with van der Waals surface area (Å²) in [6.07, 6.45) is 3.86. The van der Waals surface area contributed by atoms with Gasteiger partial charge in [0.05, 0.1) is 30.8 Å². The van der Waals surface area contributed by atoms with Crippen molar-refractivity contribution in [3.63, 3.8) is 0 Å². The Kier molecular flexibility index (Phi) is 40.3. The van der Waals surface area contributed by atoms with E-state index >= 15 is 47.9 Å². The van der Waals surface area contributed by atoms with Gasteiger partial charge in [-0.15, -0.1) is 11.8 Å². The minimum atomic E-state index is -1.57. The van der Waals surface area contributed by atoms with Crippen LogP contribution in [0.25, 0.3) is 10.9 Å². The van der Waals surface area contributed by atoms with E-state index in [2.05, 4.69) is 36.9 Å². The van der Waals surface area contributed by atoms with Crippen LogP contribution in [0.3, 0.4) is 0 Å². The molecule has 0 radical (unpaired) electrons. The minimum absolute atomic E-state index is 0.0612. The maximum absolute atomic E-state index is 15.8. The number of aromatic nitrogens is 1. The van der Waals surface area contributed by atoms with Crippen molar-refractivity contribution >= 4 is 117 Å². The van der Waals surface area contributed by atoms with Crippen LogP contribution >= 0.6 is 11.8 Å². The Bertz CT molecular complexity index is 5140. The van der Waals surface area contributed by atoms with Crippen molar-refractivity contribution in [3.8, 4) is 11.5 Å². The number of phenolic OH excluding ortho intramolecular Hbond substituents is 2. The third-order valence-corrected chi connectivity index (χ3v) is 25.6. The van der Waals surface area contributed by atoms with E-state index in [1.807, 2.05) is 6.92 Å². The third-order valence-electron chi connectivity index (χ3n) is 24.5. The van der Waals surface area contributed by atoms with Gasteiger partial charge in [-0.05, 0) is 94.8 Å². The summed E-state index contributed by atoms with van der Waals surface area (Å²) in [5.41, 5.74) is 9.43. The van der Waals surface area contributed by atoms with Crippen LogP contribution in [0.1, 0.15) is 144 Å². The van der Waals surface area contributed by atoms with Crippen LogP contribution < -0.4 is 37.6 Å². The summed E-state index contributed by atoms with van der Waals surface area (Å²) in [7, 11) is 6.93. The summed E-state index contributed by atoms with van der Waals surface area (Å²) in [5.74, 6) is -15.4. The Morgan fingerprint density at radius 3 is 1.57 bits per heavy atom. The van der Waals surface area contributed by atoms with Gasteiger partial charge in [-0.2, -0.15) is 0 Å². The van der Waals surface area contributed by atoms with Gasteiger partial charge in [0.25, 0.3) is 6.47 Å². The first-order valence-corrected chi connectivity index (χ1v) is 46.6. The number of carbonyl (C=O) groups is 16. The van der Waals surface area contributed by atoms with Crippen LogP contribution in [0.2, 0.25) is 0 Å². The maximum atomic E-state index is 15.8. The van der Waals surface area contributed by atoms with E-state index in [9.17, 15) is 39.0 Å². The number of primary amides is 1. The van der Waals surface area contributed by atoms with Crippen molar-refractivity contribution in [3.05, 3.63) is 203 Å². The highest BCUT2D eigenvalue weighted by Crippen LogP contribution is 2.34. The first-order chi connectivity index (χ1) is 63.7. The fourth-order valence-corrected chi connectivity index (χ4v) is 18.0. The molecule has 2 heterocycles. The second kappa shape index (κ2) is 51.7. The second-order valence-electron chi connectivity index (χ2n) is 35.3. The zero-order valence-electron chi connectivity index (χ0n) is 77.0. The summed E-state index contributed by atoms with van der Waals surface area (Å²) in [5, 5.41) is 38.4. The van der Waals surface area contributed by atoms with Gasteiger partial charge in [-0.1, -0.05) is 199 Å². The van der Waals surface area contributed by atoms with Gasteiger partial charge in [-0.3, -0.25) is 76.7 Å². The van der Waals surface area contributed by atoms with E-state index in [1.165, 1.54) is 98.5 Å². The molecule has 1 saturated heterocycles. The summed E-state index contributed by atoms with van der Waals surface area (Å²) in [6.45, 7) is 3.60. The Hall–Kier alpha value is -13.1. The molecule has 2 fully saturated rings. The number of nitrogens with zero attached hydrogens (tertiary/aromatic N) is 5. The van der Waals surface area contributed by atoms with Crippen LogP contribution in [0.4, 0.5) is 0 Å². The molecule has 0 bridgehead atoms. The van der Waals surface area contributed by atoms with Crippen LogP contribution in [0.15, 0.2) is 170 Å². The van der Waals surface area contributed by atoms with Gasteiger partial charge in [0.15, 0.2) is 11.6 Å². The third kappa shape index (κ3) is 31.9. The Morgan fingerprint density at radius 1 is 0.496 bits per heavy atom. The molecule has 1 aliphatic heterocycles. The lowest BCUT2D eigenvalue weighted by molar-refractivity contribution is -0.151. The van der Waals surface area contributed by atoms with Crippen molar-refractivity contribution in [1.82, 2.24) is 61.4 Å². The first-order valence-electron chi connectivity index (χ1n) is 45.5. The van der Waals surface area contributed by atoms with Crippen molar-refractivity contribution in [2.75, 3.05) is 66.4 Å². The highest BCUT2D eigenvalue weighted by Gasteiger charge is 2.43. The SMILES string of the molecule is CCCC[C@H]1C(=O)N(C)CC(=O)C[C@@H](COC=O)C(=O)C[C@@H](CC2CCCCC2)C(=O)N(C)[C@@H](Cc2ccccc2)C(=O)N[C@@H](Cc2ccc(O)cc2)C(=O)N(C)CC(=O)N[C@@H](Cc2c[nH]c3ccccc23)C(=O)N[C@@H](Cc2ccc(O)cc2)C(=O)N[C@@H](CC(C)C)C(=O)N[C@H](C(=O)CCC(N)=O)CSCC(=O)N[C@@H](Cc2ccccc2)C(=O)N(C)[C@@H](Cc2ccccc2)C(=O)N1C. The molecule has 0 spiro atoms. The van der Waals surface area contributed by atoms with Gasteiger partial charge in [0, 0.05) is 128 Å². The number of Topliss-reactive ketones (excluding diaryl/α,β-unsaturated/α-hetero) is 3. The summed E-state index contributed by atoms with van der Waals surface area (Å²) in [6, 6.07) is 32.1. The number of benzene rings is 6. The van der Waals surface area contributed by atoms with Crippen LogP contribution in [-0.2, 0) is 120 Å². The molecule has 33 heteroatoms. The lowest BCUT2D eigenvalue weighted by Crippen LogP contribution is -2.59. The highest BCUT2D eigenvalue weighted by molar-refractivity contribution is 8.00. The predicted octanol–water partition coefficient (Wildman–Crippen LogP) is 6.75. The topological polar surface area (TPSA) is 453 Å². The van der Waals surface area contributed by atoms with Crippen LogP contribution in [0, 0.1) is 23.7 Å². The molecule has 6 aromatic carbocycles. The number of aromatic amines is 1. The van der Waals surface area contributed by atoms with E-state index in [0.29, 0.717) is 70.0 Å². The van der Waals surface area contributed by atoms with Crippen LogP contribution in [0.5, 0.6) is 11.5 Å². The number of rotatable bonds is 26. The van der Waals surface area contributed by atoms with Crippen molar-refractivity contribution in [2.24, 2.45) is 29.4 Å². The number of phenols is 2. The minimum Gasteiger partial charge on any atom is -0.508 e. The molecular formula is C100H127N13O19S. The number of likely N-dealkylation sites (N-methyl/N-ethyl adjacent to an activating group) is 5. The standard InChI is InChI=1S/C100H127N13O19S/c1-9-10-35-84-99(130)109(4)57-75(117)53-72(59-132-62-114)88(119)55-70(47-64-25-15-11-16-26-64)96(127)112(7)85(51-66-29-19-13-20-30-66)95(126)107-81(50-69-38-42-74(116)43-39-69)97(128)110(5)58-90(121)103-80(54-71-56-102-77-34-24-23-33-76(71)77)94(125)106-79(48-68-36-40-73(115)41-37-68)93(124)105-78(46-63(2)3)92(123)108-83(87(118)44-45-89(101)120)60-133-61-91(122)104-82(49-65-27-17-12-18-28-65)98(129)113(8)86(100(131)111(84)6)52-67-31-21-14-22-32-67/h12-14,17-24,27-34,36-43,56,62-64,70,72,78-86,102,115-116H,9-11,15-16,25-26,35,44-55,57-61H2,1-8H3,(H2,101,120)(H,103,121)(H,104,122)(H,105,124)(H,106,125)(H,107,126)(H,108,123)/t70-,72+,78+,79+,80+,81+,82+,83+,84+,85+,86+/m1/s1. The number of unbranched alkanes of at least 4 members (excludes halogenated alkanes) is 1. The summed E-state index contributed by atoms with van der Waals surface area (Å²) in [4.78, 5) is 246. The highest BCUT2D eigenvalue weighted by atomic mass is 32.2. The van der Waals surface area contributed by atoms with Gasteiger partial charge in [0.2, 0.25) is 70.9 Å². The molecular weight excluding hydrogens is 1720 g/mol. The number of fused-ring (bicyclic) bond motifs is 1. The zero-order chi connectivity index (χ0) is 96.4. The van der Waals surface area contributed by atoms with E-state index in [0.717, 1.165) is 40.8 Å². The average Bonchev–Trinajstić information content (AvgIpc) is 1.08. The van der Waals surface area contributed by atoms with Gasteiger partial charge >= 0.3 is 0 Å². The molecule has 11 atom stereocenters. The molecule has 0 unspecified atom stereocenters. The predicted molar refractivity (Wildman–Crippen MR) is 502 cm³/mol. The number of amides is 12. The molecule has 12 amide bonds. The van der Waals surface area contributed by atoms with Crippen molar-refractivity contribution < 1.29 is 91.7 Å². The largest absolute Gasteiger partial charge is 0.508 e. The molecule has 1 aliphatic carbocycles. The van der Waals surface area contributed by atoms with Crippen LogP contribution in [-0.4, -0.2) is 255 Å². The fraction of sp³-hybridized carbons (Fsp3) is 0.460. The maximum Gasteiger partial charge on any atom is 0.293 e. The normalized spacial score (nSPS) is 22.5. The molecule has 1 saturated carbocycles. The fourth-order valence-electron chi connectivity index (χ4n) is 17.1. The zero-order valence-corrected chi connectivity index (χ0v) is 77.8. The molecule has 1 aromatic heterocycles. The monoisotopic (exact) mass is 1850 g/mol. The quantitative estimate of drug-likeness (QED) is 0.0250. The van der Waals surface area contributed by atoms with E-state index < -0.39 is 206 Å². The van der Waals surface area contributed by atoms with Gasteiger partial charge in [0.1, 0.15) is 72.2 Å². The number of hydrogen-bond donors (Lipinski definition) is 10. The van der Waals surface area contributed by atoms with Crippen molar-refractivity contribution in [2.45, 2.75) is 204 Å². The number of hydrogen-bond acceptors (Lipinski definition) is 20. The van der Waals surface area contributed by atoms with Gasteiger partial charge in [-0.25, -0.2) is 0 Å². The number of para-hydroxylation sites is 1. The number of H-pyrrole nitrogens is 1. The average molecular weight is 1850 g/mol. The second-order valence-corrected chi connectivity index (χ2v) is 36.4. The smallest absolute Gasteiger partial charge is 0.293 e. The summed E-state index contributed by atoms with van der Waals surface area (Å²) < 4.78 is 5.25. The van der Waals surface area contributed by atoms with E-state index in [4.69, 9.17) is 10.5 Å². The molecule has 712 valence electrons. The van der Waals surface area contributed by atoms with E-state index in [-0.39, 0.29) is 93.3 Å². The number of ether oxygens (including phenoxy) is 1. The molecule has 2 aliphatic rings. The molecule has 133 heavy (non-hydrogen) atoms. The van der Waals surface area contributed by atoms with E-state index in [1.54, 1.807) is 135 Å². The number of ketones is 3. The molecule has 11 N–H and O–H groups in total. The number of nitrogens with two attached hydrogens (primary N) is 1. The number of thioether (sulfide) groups is 1. The Morgan fingerprint density at radius 2 is 0.992 bits per heavy atom. The molecule has 32 nitrogen and oxygen atoms in total. The first kappa shape index (κ1) is 104. The number of aromatic hydroxyl groups is 2. The number of nitrogens with one attached hydrogen (secondary N) is 7. The lowest BCUT2D eigenvalue weighted by atomic mass is 9.79. The molecule has 7 aromatic rings. The molecule has 9 rings (SSSR count). The summed E-state index contributed by atoms with van der Waals surface area (Å²) >= 11 is 0.886. The Labute approximate surface area is 780 Å². The van der Waals surface area contributed by atoms with Crippen molar-refractivity contribution in [1.29, 1.82) is 0 Å².